The number of amides is 1. The summed E-state index contributed by atoms with van der Waals surface area (Å²) in [4.78, 5) is 12.0. The summed E-state index contributed by atoms with van der Waals surface area (Å²) in [7, 11) is 0. The topological polar surface area (TPSA) is 29.1 Å². The Hall–Kier alpha value is -1.31. The molecular formula is C31H57NO. The molecule has 2 heteroatoms. The van der Waals surface area contributed by atoms with Gasteiger partial charge in [-0.1, -0.05) is 119 Å². The van der Waals surface area contributed by atoms with Gasteiger partial charge in [-0.25, -0.2) is 0 Å². The molecule has 0 rings (SSSR count). The Morgan fingerprint density at radius 2 is 1.03 bits per heavy atom. The number of allylic oxidation sites excluding steroid dienone is 5. The molecule has 0 saturated heterocycles. The molecule has 0 unspecified atom stereocenters. The minimum absolute atomic E-state index is 0.206. The van der Waals surface area contributed by atoms with Crippen LogP contribution in [-0.4, -0.2) is 12.5 Å². The summed E-state index contributed by atoms with van der Waals surface area (Å²) in [6.45, 7) is 11.7. The predicted octanol–water partition coefficient (Wildman–Crippen LogP) is 10.0. The Morgan fingerprint density at radius 1 is 0.576 bits per heavy atom. The second-order valence-corrected chi connectivity index (χ2v) is 10.3. The summed E-state index contributed by atoms with van der Waals surface area (Å²) >= 11 is 0. The molecule has 1 amide bonds. The number of carbonyl (C=O) groups is 1. The van der Waals surface area contributed by atoms with Crippen molar-refractivity contribution in [2.24, 2.45) is 0 Å². The Balaban J connectivity index is 3.56. The van der Waals surface area contributed by atoms with Crippen molar-refractivity contribution in [1.29, 1.82) is 0 Å². The molecule has 0 radical (unpaired) electrons. The summed E-state index contributed by atoms with van der Waals surface area (Å²) in [5, 5.41) is 3.06. The zero-order chi connectivity index (χ0) is 24.6. The van der Waals surface area contributed by atoms with E-state index in [-0.39, 0.29) is 5.91 Å². The average Bonchev–Trinajstić information content (AvgIpc) is 2.76. The molecule has 0 atom stereocenters. The van der Waals surface area contributed by atoms with Gasteiger partial charge in [0.05, 0.1) is 0 Å². The van der Waals surface area contributed by atoms with Crippen molar-refractivity contribution >= 4 is 5.91 Å². The highest BCUT2D eigenvalue weighted by atomic mass is 16.1. The van der Waals surface area contributed by atoms with Gasteiger partial charge in [-0.3, -0.25) is 4.79 Å². The second-order valence-electron chi connectivity index (χ2n) is 10.3. The standard InChI is InChI=1S/C31H57NO/c1-6-7-8-9-10-11-12-13-14-15-16-17-18-25-31(33)32-27-26-30(5)24-20-23-29(4)22-19-21-28(2)3/h21,23,26H,6-20,22,24-25,27H2,1-5H3,(H,32,33)/b29-23-,30-26-. The zero-order valence-corrected chi connectivity index (χ0v) is 23.1. The molecule has 0 aromatic heterocycles. The summed E-state index contributed by atoms with van der Waals surface area (Å²) in [5.41, 5.74) is 4.24. The summed E-state index contributed by atoms with van der Waals surface area (Å²) < 4.78 is 0. The number of rotatable bonds is 22. The van der Waals surface area contributed by atoms with E-state index in [1.54, 1.807) is 0 Å². The van der Waals surface area contributed by atoms with Crippen LogP contribution in [0.4, 0.5) is 0 Å². The summed E-state index contributed by atoms with van der Waals surface area (Å²) in [6, 6.07) is 0. The number of carbonyl (C=O) groups excluding carboxylic acids is 1. The van der Waals surface area contributed by atoms with Gasteiger partial charge >= 0.3 is 0 Å². The molecule has 1 N–H and O–H groups in total. The van der Waals surface area contributed by atoms with E-state index in [9.17, 15) is 4.79 Å². The maximum Gasteiger partial charge on any atom is 0.220 e. The van der Waals surface area contributed by atoms with Crippen LogP contribution in [0.25, 0.3) is 0 Å². The van der Waals surface area contributed by atoms with E-state index in [4.69, 9.17) is 0 Å². The number of unbranched alkanes of at least 4 members (excludes halogenated alkanes) is 12. The minimum atomic E-state index is 0.206. The van der Waals surface area contributed by atoms with Gasteiger partial charge in [0.25, 0.3) is 0 Å². The molecule has 192 valence electrons. The van der Waals surface area contributed by atoms with Crippen LogP contribution in [0.3, 0.4) is 0 Å². The molecule has 2 nitrogen and oxygen atoms in total. The number of hydrogen-bond acceptors (Lipinski definition) is 1. The molecule has 33 heavy (non-hydrogen) atoms. The third-order valence-corrected chi connectivity index (χ3v) is 6.38. The van der Waals surface area contributed by atoms with Crippen LogP contribution in [0.15, 0.2) is 34.9 Å². The fourth-order valence-corrected chi connectivity index (χ4v) is 4.07. The third-order valence-electron chi connectivity index (χ3n) is 6.38. The van der Waals surface area contributed by atoms with Crippen molar-refractivity contribution in [3.05, 3.63) is 34.9 Å². The molecule has 0 fully saturated rings. The zero-order valence-electron chi connectivity index (χ0n) is 23.1. The highest BCUT2D eigenvalue weighted by Crippen LogP contribution is 2.13. The van der Waals surface area contributed by atoms with Crippen molar-refractivity contribution < 1.29 is 4.79 Å². The van der Waals surface area contributed by atoms with Gasteiger partial charge in [0.1, 0.15) is 0 Å². The van der Waals surface area contributed by atoms with E-state index in [1.165, 1.54) is 93.8 Å². The molecule has 0 bridgehead atoms. The van der Waals surface area contributed by atoms with E-state index < -0.39 is 0 Å². The Bertz CT molecular complexity index is 551. The minimum Gasteiger partial charge on any atom is -0.353 e. The molecule has 0 aliphatic rings. The molecular weight excluding hydrogens is 402 g/mol. The van der Waals surface area contributed by atoms with Crippen molar-refractivity contribution in [2.75, 3.05) is 6.54 Å². The molecule has 0 heterocycles. The fraction of sp³-hybridized carbons (Fsp3) is 0.774. The number of hydrogen-bond donors (Lipinski definition) is 1. The van der Waals surface area contributed by atoms with Crippen LogP contribution < -0.4 is 5.32 Å². The summed E-state index contributed by atoms with van der Waals surface area (Å²) in [5.74, 6) is 0.206. The van der Waals surface area contributed by atoms with Gasteiger partial charge in [0.2, 0.25) is 5.91 Å². The van der Waals surface area contributed by atoms with Crippen molar-refractivity contribution in [1.82, 2.24) is 5.32 Å². The lowest BCUT2D eigenvalue weighted by Gasteiger charge is -2.05. The van der Waals surface area contributed by atoms with Gasteiger partial charge in [-0.2, -0.15) is 0 Å². The first-order valence-electron chi connectivity index (χ1n) is 14.2. The Labute approximate surface area is 207 Å². The number of nitrogens with one attached hydrogen (secondary N) is 1. The van der Waals surface area contributed by atoms with E-state index in [0.717, 1.165) is 32.1 Å². The van der Waals surface area contributed by atoms with Gasteiger partial charge in [0.15, 0.2) is 0 Å². The molecule has 0 aromatic rings. The maximum atomic E-state index is 12.0. The van der Waals surface area contributed by atoms with Crippen LogP contribution in [0, 0.1) is 0 Å². The van der Waals surface area contributed by atoms with Gasteiger partial charge in [0, 0.05) is 13.0 Å². The van der Waals surface area contributed by atoms with Crippen molar-refractivity contribution in [3.8, 4) is 0 Å². The largest absolute Gasteiger partial charge is 0.353 e. The van der Waals surface area contributed by atoms with Gasteiger partial charge < -0.3 is 5.32 Å². The van der Waals surface area contributed by atoms with Crippen molar-refractivity contribution in [3.63, 3.8) is 0 Å². The predicted molar refractivity (Wildman–Crippen MR) is 149 cm³/mol. The lowest BCUT2D eigenvalue weighted by atomic mass is 10.0. The highest BCUT2D eigenvalue weighted by Gasteiger charge is 2.00. The maximum absolute atomic E-state index is 12.0. The van der Waals surface area contributed by atoms with Gasteiger partial charge in [-0.05, 0) is 59.8 Å². The quantitative estimate of drug-likeness (QED) is 0.127. The molecule has 0 saturated carbocycles. The molecule has 0 aliphatic carbocycles. The molecule has 0 aromatic carbocycles. The highest BCUT2D eigenvalue weighted by molar-refractivity contribution is 5.75. The van der Waals surface area contributed by atoms with Crippen LogP contribution in [-0.2, 0) is 4.79 Å². The van der Waals surface area contributed by atoms with E-state index in [2.05, 4.69) is 58.2 Å². The molecule has 0 spiro atoms. The monoisotopic (exact) mass is 459 g/mol. The van der Waals surface area contributed by atoms with Crippen LogP contribution in [0.5, 0.6) is 0 Å². The van der Waals surface area contributed by atoms with Crippen LogP contribution in [0.1, 0.15) is 150 Å². The first-order valence-corrected chi connectivity index (χ1v) is 14.2. The average molecular weight is 460 g/mol. The Kier molecular flexibility index (Phi) is 22.9. The summed E-state index contributed by atoms with van der Waals surface area (Å²) in [6.07, 6.45) is 29.5. The fourth-order valence-electron chi connectivity index (χ4n) is 4.07. The first kappa shape index (κ1) is 31.7. The molecule has 0 aliphatic heterocycles. The van der Waals surface area contributed by atoms with Crippen molar-refractivity contribution in [2.45, 2.75) is 150 Å². The van der Waals surface area contributed by atoms with Crippen LogP contribution >= 0.6 is 0 Å². The van der Waals surface area contributed by atoms with E-state index >= 15 is 0 Å². The van der Waals surface area contributed by atoms with E-state index in [1.807, 2.05) is 0 Å². The smallest absolute Gasteiger partial charge is 0.220 e. The van der Waals surface area contributed by atoms with Crippen LogP contribution in [0.2, 0.25) is 0 Å². The first-order chi connectivity index (χ1) is 16.0. The second kappa shape index (κ2) is 23.8. The lowest BCUT2D eigenvalue weighted by molar-refractivity contribution is -0.121. The Morgan fingerprint density at radius 3 is 1.55 bits per heavy atom. The SMILES string of the molecule is CCCCCCCCCCCCCCCC(=O)NC/C=C(/C)CC/C=C(/C)CCC=C(C)C. The third kappa shape index (κ3) is 25.2. The lowest BCUT2D eigenvalue weighted by Crippen LogP contribution is -2.23. The van der Waals surface area contributed by atoms with E-state index in [0.29, 0.717) is 13.0 Å². The normalized spacial score (nSPS) is 12.2. The van der Waals surface area contributed by atoms with Gasteiger partial charge in [-0.15, -0.1) is 0 Å².